The van der Waals surface area contributed by atoms with Crippen molar-refractivity contribution in [3.63, 3.8) is 0 Å². The molecule has 2 bridgehead atoms. The van der Waals surface area contributed by atoms with E-state index in [1.54, 1.807) is 4.68 Å². The Bertz CT molecular complexity index is 903. The number of piperidine rings is 1. The van der Waals surface area contributed by atoms with E-state index in [0.717, 1.165) is 42.2 Å². The van der Waals surface area contributed by atoms with Crippen molar-refractivity contribution >= 4 is 23.7 Å². The van der Waals surface area contributed by atoms with Gasteiger partial charge in [0.25, 0.3) is 0 Å². The van der Waals surface area contributed by atoms with E-state index in [9.17, 15) is 0 Å². The Morgan fingerprint density at radius 3 is 2.58 bits per heavy atom. The van der Waals surface area contributed by atoms with E-state index >= 15 is 0 Å². The highest BCUT2D eigenvalue weighted by Crippen LogP contribution is 2.43. The number of nitrogens with zero attached hydrogens (tertiary/aromatic N) is 6. The molecule has 2 fully saturated rings. The molecule has 1 aliphatic carbocycles. The minimum absolute atomic E-state index is 0. The summed E-state index contributed by atoms with van der Waals surface area (Å²) in [7, 11) is 1.92. The monoisotopic (exact) mass is 373 g/mol. The van der Waals surface area contributed by atoms with Crippen LogP contribution >= 0.6 is 12.4 Å². The number of rotatable bonds is 3. The van der Waals surface area contributed by atoms with Gasteiger partial charge in [0.1, 0.15) is 5.52 Å². The standard InChI is InChI=1S/C18H23N7.ClH/c1-23-8-14(7-21-23)16-11-25-17(4-5-20-25)18(22-16)24-9-12-2-3-13(10-24)15(12)6-19;/h4-5,7-8,11-13,15H,2-3,6,9-10,19H2,1H3;1H/t12-,13+,15-;. The largest absolute Gasteiger partial charge is 0.354 e. The molecule has 3 aromatic rings. The molecule has 3 aromatic heterocycles. The molecule has 1 saturated heterocycles. The van der Waals surface area contributed by atoms with Crippen LogP contribution < -0.4 is 10.6 Å². The summed E-state index contributed by atoms with van der Waals surface area (Å²) >= 11 is 0. The fourth-order valence-corrected chi connectivity index (χ4v) is 4.73. The van der Waals surface area contributed by atoms with Gasteiger partial charge < -0.3 is 10.6 Å². The van der Waals surface area contributed by atoms with Gasteiger partial charge in [-0.05, 0) is 43.2 Å². The molecule has 0 unspecified atom stereocenters. The first kappa shape index (κ1) is 17.3. The molecule has 7 nitrogen and oxygen atoms in total. The fraction of sp³-hybridized carbons (Fsp3) is 0.500. The molecule has 0 aromatic carbocycles. The third-order valence-electron chi connectivity index (χ3n) is 5.97. The first-order valence-corrected chi connectivity index (χ1v) is 9.01. The molecule has 5 rings (SSSR count). The van der Waals surface area contributed by atoms with Crippen molar-refractivity contribution < 1.29 is 0 Å². The van der Waals surface area contributed by atoms with Gasteiger partial charge in [0, 0.05) is 31.9 Å². The molecule has 0 spiro atoms. The summed E-state index contributed by atoms with van der Waals surface area (Å²) in [5.74, 6) is 3.09. The Labute approximate surface area is 158 Å². The van der Waals surface area contributed by atoms with Crippen LogP contribution in [0.4, 0.5) is 5.82 Å². The number of fused-ring (bicyclic) bond motifs is 3. The van der Waals surface area contributed by atoms with Crippen LogP contribution in [-0.2, 0) is 7.05 Å². The minimum Gasteiger partial charge on any atom is -0.354 e. The Kier molecular flexibility index (Phi) is 4.36. The van der Waals surface area contributed by atoms with Crippen LogP contribution in [-0.4, -0.2) is 44.0 Å². The van der Waals surface area contributed by atoms with Gasteiger partial charge in [-0.2, -0.15) is 10.2 Å². The Balaban J connectivity index is 0.00000168. The number of aromatic nitrogens is 5. The summed E-state index contributed by atoms with van der Waals surface area (Å²) in [4.78, 5) is 7.46. The molecule has 138 valence electrons. The first-order valence-electron chi connectivity index (χ1n) is 9.01. The third-order valence-corrected chi connectivity index (χ3v) is 5.97. The van der Waals surface area contributed by atoms with Crippen LogP contribution in [0.25, 0.3) is 16.8 Å². The van der Waals surface area contributed by atoms with Gasteiger partial charge in [0.2, 0.25) is 0 Å². The highest BCUT2D eigenvalue weighted by atomic mass is 35.5. The number of anilines is 1. The lowest BCUT2D eigenvalue weighted by Gasteiger charge is -2.38. The first-order chi connectivity index (χ1) is 12.2. The average Bonchev–Trinajstić information content (AvgIpc) is 3.31. The molecule has 0 radical (unpaired) electrons. The molecule has 4 heterocycles. The van der Waals surface area contributed by atoms with Crippen LogP contribution in [0.15, 0.2) is 30.9 Å². The summed E-state index contributed by atoms with van der Waals surface area (Å²) < 4.78 is 3.73. The average molecular weight is 374 g/mol. The normalized spacial score (nSPS) is 24.8. The molecule has 3 atom stereocenters. The summed E-state index contributed by atoms with van der Waals surface area (Å²) in [6, 6.07) is 2.05. The van der Waals surface area contributed by atoms with Gasteiger partial charge in [-0.15, -0.1) is 12.4 Å². The second-order valence-electron chi connectivity index (χ2n) is 7.42. The van der Waals surface area contributed by atoms with Crippen molar-refractivity contribution in [2.45, 2.75) is 12.8 Å². The van der Waals surface area contributed by atoms with Crippen molar-refractivity contribution in [1.82, 2.24) is 24.4 Å². The zero-order valence-corrected chi connectivity index (χ0v) is 15.6. The van der Waals surface area contributed by atoms with Crippen LogP contribution in [0.5, 0.6) is 0 Å². The van der Waals surface area contributed by atoms with E-state index in [1.165, 1.54) is 12.8 Å². The van der Waals surface area contributed by atoms with Gasteiger partial charge in [-0.25, -0.2) is 9.50 Å². The lowest BCUT2D eigenvalue weighted by Crippen LogP contribution is -2.45. The summed E-state index contributed by atoms with van der Waals surface area (Å²) in [5.41, 5.74) is 9.02. The smallest absolute Gasteiger partial charge is 0.155 e. The molecular formula is C18H24ClN7. The predicted molar refractivity (Wildman–Crippen MR) is 103 cm³/mol. The van der Waals surface area contributed by atoms with Gasteiger partial charge in [0.15, 0.2) is 5.82 Å². The van der Waals surface area contributed by atoms with Crippen molar-refractivity contribution in [2.24, 2.45) is 30.5 Å². The maximum Gasteiger partial charge on any atom is 0.155 e. The molecule has 2 aliphatic rings. The van der Waals surface area contributed by atoms with E-state index in [2.05, 4.69) is 15.1 Å². The molecule has 2 N–H and O–H groups in total. The summed E-state index contributed by atoms with van der Waals surface area (Å²) in [5, 5.41) is 8.73. The highest BCUT2D eigenvalue weighted by Gasteiger charge is 2.41. The molecule has 1 aliphatic heterocycles. The second-order valence-corrected chi connectivity index (χ2v) is 7.42. The van der Waals surface area contributed by atoms with Crippen LogP contribution in [0.3, 0.4) is 0 Å². The van der Waals surface area contributed by atoms with Crippen molar-refractivity contribution in [1.29, 1.82) is 0 Å². The lowest BCUT2D eigenvalue weighted by molar-refractivity contribution is 0.278. The maximum absolute atomic E-state index is 6.03. The van der Waals surface area contributed by atoms with E-state index in [-0.39, 0.29) is 12.4 Å². The van der Waals surface area contributed by atoms with Crippen molar-refractivity contribution in [3.8, 4) is 11.3 Å². The second kappa shape index (κ2) is 6.55. The van der Waals surface area contributed by atoms with Gasteiger partial charge >= 0.3 is 0 Å². The molecule has 8 heteroatoms. The molecular weight excluding hydrogens is 350 g/mol. The maximum atomic E-state index is 6.03. The number of aryl methyl sites for hydroxylation is 1. The van der Waals surface area contributed by atoms with Crippen LogP contribution in [0.1, 0.15) is 12.8 Å². The summed E-state index contributed by atoms with van der Waals surface area (Å²) in [6.07, 6.45) is 10.3. The van der Waals surface area contributed by atoms with Crippen molar-refractivity contribution in [3.05, 3.63) is 30.9 Å². The number of nitrogens with two attached hydrogens (primary N) is 1. The number of hydrogen-bond acceptors (Lipinski definition) is 5. The minimum atomic E-state index is 0. The molecule has 26 heavy (non-hydrogen) atoms. The van der Waals surface area contributed by atoms with Crippen molar-refractivity contribution in [2.75, 3.05) is 24.5 Å². The van der Waals surface area contributed by atoms with Gasteiger partial charge in [0.05, 0.1) is 24.3 Å². The zero-order chi connectivity index (χ0) is 17.0. The Hall–Kier alpha value is -2.12. The zero-order valence-electron chi connectivity index (χ0n) is 14.8. The van der Waals surface area contributed by atoms with Gasteiger partial charge in [-0.3, -0.25) is 4.68 Å². The van der Waals surface area contributed by atoms with Crippen LogP contribution in [0.2, 0.25) is 0 Å². The van der Waals surface area contributed by atoms with Crippen LogP contribution in [0, 0.1) is 17.8 Å². The van der Waals surface area contributed by atoms with E-state index in [1.807, 2.05) is 42.4 Å². The Morgan fingerprint density at radius 2 is 1.92 bits per heavy atom. The topological polar surface area (TPSA) is 77.3 Å². The van der Waals surface area contributed by atoms with Gasteiger partial charge in [-0.1, -0.05) is 0 Å². The fourth-order valence-electron chi connectivity index (χ4n) is 4.73. The van der Waals surface area contributed by atoms with E-state index in [4.69, 9.17) is 10.7 Å². The predicted octanol–water partition coefficient (Wildman–Crippen LogP) is 1.97. The molecule has 0 amide bonds. The number of hydrogen-bond donors (Lipinski definition) is 1. The third kappa shape index (κ3) is 2.66. The number of halogens is 1. The summed E-state index contributed by atoms with van der Waals surface area (Å²) in [6.45, 7) is 2.90. The lowest BCUT2D eigenvalue weighted by atomic mass is 9.85. The SMILES string of the molecule is Cl.Cn1cc(-c2cn3nccc3c(N3C[C@H]4CC[C@@H](C3)[C@@H]4CN)n2)cn1. The highest BCUT2D eigenvalue weighted by molar-refractivity contribution is 5.85. The van der Waals surface area contributed by atoms with E-state index in [0.29, 0.717) is 17.8 Å². The quantitative estimate of drug-likeness (QED) is 0.759. The molecule has 1 saturated carbocycles. The van der Waals surface area contributed by atoms with E-state index < -0.39 is 0 Å². The Morgan fingerprint density at radius 1 is 1.15 bits per heavy atom.